The Balaban J connectivity index is 1.25. The second kappa shape index (κ2) is 7.16. The Morgan fingerprint density at radius 3 is 2.52 bits per heavy atom. The number of carbonyl (C=O) groups is 1. The number of hydrogen-bond donors (Lipinski definition) is 0. The van der Waals surface area contributed by atoms with Crippen LogP contribution in [0.25, 0.3) is 22.4 Å². The monoisotopic (exact) mass is 391 g/mol. The number of likely N-dealkylation sites (tertiary alicyclic amines) is 1. The van der Waals surface area contributed by atoms with Crippen molar-refractivity contribution in [2.45, 2.75) is 18.8 Å². The number of benzene rings is 2. The molecule has 3 heterocycles. The van der Waals surface area contributed by atoms with E-state index in [1.54, 1.807) is 23.1 Å². The van der Waals surface area contributed by atoms with Gasteiger partial charge in [0.2, 0.25) is 11.8 Å². The number of halogens is 1. The molecule has 0 unspecified atom stereocenters. The van der Waals surface area contributed by atoms with E-state index in [1.165, 1.54) is 12.1 Å². The first-order valence-electron chi connectivity index (χ1n) is 9.54. The Morgan fingerprint density at radius 2 is 1.76 bits per heavy atom. The van der Waals surface area contributed by atoms with Crippen molar-refractivity contribution in [3.05, 3.63) is 72.1 Å². The zero-order valence-electron chi connectivity index (χ0n) is 15.5. The van der Waals surface area contributed by atoms with Gasteiger partial charge in [-0.3, -0.25) is 4.79 Å². The molecule has 1 aliphatic rings. The Morgan fingerprint density at radius 1 is 1.00 bits per heavy atom. The summed E-state index contributed by atoms with van der Waals surface area (Å²) in [5.74, 6) is 0.977. The summed E-state index contributed by atoms with van der Waals surface area (Å²) < 4.78 is 24.6. The molecule has 1 fully saturated rings. The minimum Gasteiger partial charge on any atom is -0.451 e. The van der Waals surface area contributed by atoms with Gasteiger partial charge in [-0.1, -0.05) is 18.2 Å². The van der Waals surface area contributed by atoms with Crippen LogP contribution in [0.5, 0.6) is 0 Å². The zero-order valence-corrected chi connectivity index (χ0v) is 15.5. The van der Waals surface area contributed by atoms with E-state index < -0.39 is 0 Å². The number of nitrogens with zero attached hydrogens (tertiary/aromatic N) is 3. The van der Waals surface area contributed by atoms with Crippen LogP contribution >= 0.6 is 0 Å². The molecule has 2 aromatic heterocycles. The van der Waals surface area contributed by atoms with Crippen LogP contribution in [0.15, 0.2) is 63.4 Å². The molecular formula is C22H18FN3O3. The Bertz CT molecular complexity index is 1120. The summed E-state index contributed by atoms with van der Waals surface area (Å²) in [5.41, 5.74) is 1.40. The fourth-order valence-electron chi connectivity index (χ4n) is 3.68. The van der Waals surface area contributed by atoms with Gasteiger partial charge in [-0.05, 0) is 49.2 Å². The predicted octanol–water partition coefficient (Wildman–Crippen LogP) is 4.64. The van der Waals surface area contributed by atoms with Crippen molar-refractivity contribution < 1.29 is 18.0 Å². The fraction of sp³-hybridized carbons (Fsp3) is 0.227. The second-order valence-electron chi connectivity index (χ2n) is 7.17. The van der Waals surface area contributed by atoms with Crippen LogP contribution in [-0.4, -0.2) is 34.1 Å². The SMILES string of the molecule is O=C(c1cc2ccccc2o1)N1CCC(c2nnc(-c3ccc(F)cc3)o2)CC1. The van der Waals surface area contributed by atoms with E-state index >= 15 is 0 Å². The van der Waals surface area contributed by atoms with Crippen molar-refractivity contribution in [3.8, 4) is 11.5 Å². The zero-order chi connectivity index (χ0) is 19.8. The first-order chi connectivity index (χ1) is 14.2. The third-order valence-electron chi connectivity index (χ3n) is 5.30. The van der Waals surface area contributed by atoms with E-state index in [9.17, 15) is 9.18 Å². The highest BCUT2D eigenvalue weighted by Crippen LogP contribution is 2.30. The van der Waals surface area contributed by atoms with Gasteiger partial charge >= 0.3 is 0 Å². The highest BCUT2D eigenvalue weighted by Gasteiger charge is 2.29. The molecule has 6 nitrogen and oxygen atoms in total. The van der Waals surface area contributed by atoms with Gasteiger partial charge in [-0.2, -0.15) is 0 Å². The number of furan rings is 1. The number of hydrogen-bond acceptors (Lipinski definition) is 5. The van der Waals surface area contributed by atoms with Gasteiger partial charge in [-0.25, -0.2) is 4.39 Å². The van der Waals surface area contributed by atoms with Crippen molar-refractivity contribution in [3.63, 3.8) is 0 Å². The maximum atomic E-state index is 13.1. The highest BCUT2D eigenvalue weighted by atomic mass is 19.1. The van der Waals surface area contributed by atoms with Crippen LogP contribution in [0.2, 0.25) is 0 Å². The van der Waals surface area contributed by atoms with Gasteiger partial charge in [0.1, 0.15) is 11.4 Å². The summed E-state index contributed by atoms with van der Waals surface area (Å²) in [5, 5.41) is 9.17. The molecule has 29 heavy (non-hydrogen) atoms. The number of amides is 1. The lowest BCUT2D eigenvalue weighted by atomic mass is 9.96. The minimum atomic E-state index is -0.310. The Labute approximate surface area is 165 Å². The van der Waals surface area contributed by atoms with E-state index in [0.29, 0.717) is 41.8 Å². The van der Waals surface area contributed by atoms with E-state index in [1.807, 2.05) is 24.3 Å². The third-order valence-corrected chi connectivity index (χ3v) is 5.30. The number of fused-ring (bicyclic) bond motifs is 1. The molecule has 146 valence electrons. The number of carbonyl (C=O) groups excluding carboxylic acids is 1. The molecule has 4 aromatic rings. The van der Waals surface area contributed by atoms with Crippen molar-refractivity contribution in [1.82, 2.24) is 15.1 Å². The third kappa shape index (κ3) is 3.40. The summed E-state index contributed by atoms with van der Waals surface area (Å²) in [4.78, 5) is 14.6. The average Bonchev–Trinajstić information content (AvgIpc) is 3.41. The van der Waals surface area contributed by atoms with Crippen LogP contribution in [0, 0.1) is 5.82 Å². The van der Waals surface area contributed by atoms with Gasteiger partial charge < -0.3 is 13.7 Å². The average molecular weight is 391 g/mol. The Hall–Kier alpha value is -3.48. The van der Waals surface area contributed by atoms with Crippen LogP contribution in [0.3, 0.4) is 0 Å². The standard InChI is InChI=1S/C22H18FN3O3/c23-17-7-5-14(6-8-17)20-24-25-21(29-20)15-9-11-26(12-10-15)22(27)19-13-16-3-1-2-4-18(16)28-19/h1-8,13,15H,9-12H2. The van der Waals surface area contributed by atoms with Gasteiger partial charge in [0, 0.05) is 30.0 Å². The highest BCUT2D eigenvalue weighted by molar-refractivity contribution is 5.96. The van der Waals surface area contributed by atoms with Gasteiger partial charge in [0.15, 0.2) is 5.76 Å². The summed E-state index contributed by atoms with van der Waals surface area (Å²) in [6.45, 7) is 1.18. The van der Waals surface area contributed by atoms with E-state index in [0.717, 1.165) is 18.2 Å². The van der Waals surface area contributed by atoms with Crippen molar-refractivity contribution >= 4 is 16.9 Å². The van der Waals surface area contributed by atoms with Crippen LogP contribution < -0.4 is 0 Å². The maximum absolute atomic E-state index is 13.1. The molecule has 1 saturated heterocycles. The molecule has 0 saturated carbocycles. The van der Waals surface area contributed by atoms with Gasteiger partial charge in [0.25, 0.3) is 5.91 Å². The van der Waals surface area contributed by atoms with Gasteiger partial charge in [-0.15, -0.1) is 10.2 Å². The first-order valence-corrected chi connectivity index (χ1v) is 9.54. The summed E-state index contributed by atoms with van der Waals surface area (Å²) >= 11 is 0. The topological polar surface area (TPSA) is 72.4 Å². The molecule has 2 aromatic carbocycles. The lowest BCUT2D eigenvalue weighted by Crippen LogP contribution is -2.37. The maximum Gasteiger partial charge on any atom is 0.289 e. The first kappa shape index (κ1) is 17.6. The van der Waals surface area contributed by atoms with Crippen molar-refractivity contribution in [1.29, 1.82) is 0 Å². The van der Waals surface area contributed by atoms with Gasteiger partial charge in [0.05, 0.1) is 0 Å². The smallest absolute Gasteiger partial charge is 0.289 e. The largest absolute Gasteiger partial charge is 0.451 e. The van der Waals surface area contributed by atoms with Crippen LogP contribution in [0.1, 0.15) is 35.2 Å². The van der Waals surface area contributed by atoms with Crippen LogP contribution in [-0.2, 0) is 0 Å². The summed E-state index contributed by atoms with van der Waals surface area (Å²) in [6, 6.07) is 15.3. The summed E-state index contributed by atoms with van der Waals surface area (Å²) in [7, 11) is 0. The molecule has 0 bridgehead atoms. The quantitative estimate of drug-likeness (QED) is 0.509. The fourth-order valence-corrected chi connectivity index (χ4v) is 3.68. The molecule has 5 rings (SSSR count). The molecule has 0 spiro atoms. The molecule has 1 amide bonds. The molecule has 0 N–H and O–H groups in total. The molecule has 0 radical (unpaired) electrons. The number of para-hydroxylation sites is 1. The minimum absolute atomic E-state index is 0.0939. The van der Waals surface area contributed by atoms with Crippen molar-refractivity contribution in [2.75, 3.05) is 13.1 Å². The second-order valence-corrected chi connectivity index (χ2v) is 7.17. The molecular weight excluding hydrogens is 373 g/mol. The normalized spacial score (nSPS) is 15.1. The van der Waals surface area contributed by atoms with Crippen molar-refractivity contribution in [2.24, 2.45) is 0 Å². The van der Waals surface area contributed by atoms with E-state index in [2.05, 4.69) is 10.2 Å². The lowest BCUT2D eigenvalue weighted by molar-refractivity contribution is 0.0676. The van der Waals surface area contributed by atoms with Crippen LogP contribution in [0.4, 0.5) is 4.39 Å². The van der Waals surface area contributed by atoms with E-state index in [4.69, 9.17) is 8.83 Å². The van der Waals surface area contributed by atoms with E-state index in [-0.39, 0.29) is 17.6 Å². The number of aromatic nitrogens is 2. The molecule has 7 heteroatoms. The molecule has 0 aliphatic carbocycles. The summed E-state index contributed by atoms with van der Waals surface area (Å²) in [6.07, 6.45) is 1.47. The molecule has 0 atom stereocenters. The predicted molar refractivity (Wildman–Crippen MR) is 104 cm³/mol. The Kier molecular flexibility index (Phi) is 4.35. The lowest BCUT2D eigenvalue weighted by Gasteiger charge is -2.29. The number of piperidine rings is 1. The molecule has 1 aliphatic heterocycles. The number of rotatable bonds is 3.